The van der Waals surface area contributed by atoms with Crippen molar-refractivity contribution in [3.8, 4) is 0 Å². The Kier molecular flexibility index (Phi) is 13.0. The molecule has 0 aromatic carbocycles. The van der Waals surface area contributed by atoms with Gasteiger partial charge in [-0.2, -0.15) is 0 Å². The van der Waals surface area contributed by atoms with Crippen LogP contribution in [0, 0.1) is 0 Å². The van der Waals surface area contributed by atoms with Gasteiger partial charge in [-0.15, -0.1) is 0 Å². The summed E-state index contributed by atoms with van der Waals surface area (Å²) < 4.78 is 2.10. The molecule has 0 atom stereocenters. The van der Waals surface area contributed by atoms with Gasteiger partial charge in [-0.25, -0.2) is 4.57 Å². The van der Waals surface area contributed by atoms with Gasteiger partial charge in [0, 0.05) is 12.1 Å². The highest BCUT2D eigenvalue weighted by atomic mass is 127. The largest absolute Gasteiger partial charge is 1.00 e. The molecule has 0 unspecified atom stereocenters. The van der Waals surface area contributed by atoms with Gasteiger partial charge in [-0.1, -0.05) is 75.2 Å². The maximum atomic E-state index is 2.37. The Morgan fingerprint density at radius 1 is 0.760 bits per heavy atom. The molecule has 0 aliphatic heterocycles. The molecular weight excluding hydrogens is 417 g/mol. The molecule has 0 spiro atoms. The summed E-state index contributed by atoms with van der Waals surface area (Å²) >= 11 is 0. The van der Waals surface area contributed by atoms with E-state index in [1.165, 1.54) is 89.0 Å². The lowest BCUT2D eigenvalue weighted by atomic mass is 10.0. The molecule has 0 amide bonds. The third kappa shape index (κ3) is 10.8. The zero-order chi connectivity index (χ0) is 16.9. The Bertz CT molecular complexity index is 501. The highest BCUT2D eigenvalue weighted by Gasteiger charge is 1.99. The van der Waals surface area contributed by atoms with E-state index in [9.17, 15) is 0 Å². The second-order valence-corrected chi connectivity index (χ2v) is 7.32. The Balaban J connectivity index is 0.00000312. The lowest BCUT2D eigenvalue weighted by molar-refractivity contribution is -0.671. The number of hydrogen-bond donors (Lipinski definition) is 0. The summed E-state index contributed by atoms with van der Waals surface area (Å²) in [6, 6.07) is 4.50. The minimum absolute atomic E-state index is 0. The van der Waals surface area contributed by atoms with Gasteiger partial charge in [-0.3, -0.25) is 0 Å². The van der Waals surface area contributed by atoms with Crippen LogP contribution in [0.15, 0.2) is 48.3 Å². The van der Waals surface area contributed by atoms with Crippen LogP contribution in [0.5, 0.6) is 0 Å². The van der Waals surface area contributed by atoms with E-state index in [1.54, 1.807) is 5.57 Å². The summed E-state index contributed by atoms with van der Waals surface area (Å²) in [4.78, 5) is 0. The number of pyridine rings is 1. The minimum atomic E-state index is 0. The molecule has 2 rings (SSSR count). The van der Waals surface area contributed by atoms with E-state index in [4.69, 9.17) is 0 Å². The van der Waals surface area contributed by atoms with E-state index in [0.717, 1.165) is 0 Å². The number of aromatic nitrogens is 1. The molecule has 0 saturated carbocycles. The van der Waals surface area contributed by atoms with Crippen LogP contribution < -0.4 is 28.5 Å². The molecule has 1 aliphatic carbocycles. The highest BCUT2D eigenvalue weighted by molar-refractivity contribution is 5.25. The first-order valence-electron chi connectivity index (χ1n) is 10.1. The summed E-state index contributed by atoms with van der Waals surface area (Å²) in [5.41, 5.74) is 3.05. The SMILES string of the molecule is C[n+]1ccc(CCCCCCCCCCCCC2=CCC=C2)cc1.[I-]. The lowest BCUT2D eigenvalue weighted by Crippen LogP contribution is -3.00. The van der Waals surface area contributed by atoms with Crippen molar-refractivity contribution in [3.63, 3.8) is 0 Å². The van der Waals surface area contributed by atoms with Crippen LogP contribution >= 0.6 is 0 Å². The molecule has 0 bridgehead atoms. The van der Waals surface area contributed by atoms with Gasteiger partial charge >= 0.3 is 0 Å². The average molecular weight is 453 g/mol. The Labute approximate surface area is 172 Å². The van der Waals surface area contributed by atoms with Crippen LogP contribution in [0.25, 0.3) is 0 Å². The summed E-state index contributed by atoms with van der Waals surface area (Å²) in [6.07, 6.45) is 29.1. The van der Waals surface area contributed by atoms with E-state index in [1.807, 2.05) is 0 Å². The number of rotatable bonds is 13. The van der Waals surface area contributed by atoms with Crippen molar-refractivity contribution in [2.45, 2.75) is 83.5 Å². The number of nitrogens with zero attached hydrogens (tertiary/aromatic N) is 1. The van der Waals surface area contributed by atoms with Crippen molar-refractivity contribution in [2.75, 3.05) is 0 Å². The normalized spacial score (nSPS) is 12.9. The van der Waals surface area contributed by atoms with E-state index in [2.05, 4.69) is 54.4 Å². The zero-order valence-corrected chi connectivity index (χ0v) is 18.2. The van der Waals surface area contributed by atoms with E-state index in [0.29, 0.717) is 0 Å². The fraction of sp³-hybridized carbons (Fsp3) is 0.609. The fourth-order valence-electron chi connectivity index (χ4n) is 3.46. The third-order valence-corrected chi connectivity index (χ3v) is 5.08. The number of halogens is 1. The molecule has 0 fully saturated rings. The van der Waals surface area contributed by atoms with Crippen molar-refractivity contribution in [3.05, 3.63) is 53.9 Å². The van der Waals surface area contributed by atoms with Crippen molar-refractivity contribution in [2.24, 2.45) is 7.05 Å². The summed E-state index contributed by atoms with van der Waals surface area (Å²) in [7, 11) is 2.08. The molecule has 2 heteroatoms. The van der Waals surface area contributed by atoms with Gasteiger partial charge in [0.05, 0.1) is 0 Å². The smallest absolute Gasteiger partial charge is 0.168 e. The van der Waals surface area contributed by atoms with E-state index in [-0.39, 0.29) is 24.0 Å². The van der Waals surface area contributed by atoms with Crippen LogP contribution in [0.1, 0.15) is 82.6 Å². The maximum absolute atomic E-state index is 2.37. The number of aryl methyl sites for hydroxylation is 2. The lowest BCUT2D eigenvalue weighted by Gasteiger charge is -2.03. The van der Waals surface area contributed by atoms with Crippen LogP contribution in [0.2, 0.25) is 0 Å². The second-order valence-electron chi connectivity index (χ2n) is 7.32. The molecular formula is C23H36IN. The van der Waals surface area contributed by atoms with Crippen LogP contribution in [0.3, 0.4) is 0 Å². The summed E-state index contributed by atoms with van der Waals surface area (Å²) in [5.74, 6) is 0. The van der Waals surface area contributed by atoms with Crippen molar-refractivity contribution >= 4 is 0 Å². The number of hydrogen-bond acceptors (Lipinski definition) is 0. The average Bonchev–Trinajstić information content (AvgIpc) is 3.11. The first kappa shape index (κ1) is 22.4. The first-order valence-corrected chi connectivity index (χ1v) is 10.1. The minimum Gasteiger partial charge on any atom is -1.00 e. The third-order valence-electron chi connectivity index (χ3n) is 5.08. The second kappa shape index (κ2) is 14.5. The molecule has 1 nitrogen and oxygen atoms in total. The topological polar surface area (TPSA) is 3.88 Å². The monoisotopic (exact) mass is 453 g/mol. The molecule has 0 radical (unpaired) electrons. The van der Waals surface area contributed by atoms with Crippen molar-refractivity contribution < 1.29 is 28.5 Å². The van der Waals surface area contributed by atoms with Crippen LogP contribution in [-0.4, -0.2) is 0 Å². The molecule has 140 valence electrons. The molecule has 0 saturated heterocycles. The van der Waals surface area contributed by atoms with Gasteiger partial charge in [0.1, 0.15) is 7.05 Å². The quantitative estimate of drug-likeness (QED) is 0.245. The fourth-order valence-corrected chi connectivity index (χ4v) is 3.46. The standard InChI is InChI=1S/C23H36N.HI/c1-24-20-18-23(19-21-24)15-11-9-7-5-3-2-4-6-8-10-14-22-16-12-13-17-22;/h12,16-21H,2-11,13-15H2,1H3;1H/q+1;/p-1. The molecule has 1 aromatic rings. The maximum Gasteiger partial charge on any atom is 0.168 e. The van der Waals surface area contributed by atoms with Gasteiger partial charge in [0.15, 0.2) is 12.4 Å². The summed E-state index contributed by atoms with van der Waals surface area (Å²) in [5, 5.41) is 0. The molecule has 1 aliphatic rings. The molecule has 1 heterocycles. The summed E-state index contributed by atoms with van der Waals surface area (Å²) in [6.45, 7) is 0. The van der Waals surface area contributed by atoms with Gasteiger partial charge in [0.25, 0.3) is 0 Å². The predicted octanol–water partition coefficient (Wildman–Crippen LogP) is 3.24. The first-order chi connectivity index (χ1) is 11.8. The molecule has 1 aromatic heterocycles. The Hall–Kier alpha value is -0.640. The van der Waals surface area contributed by atoms with Crippen LogP contribution in [-0.2, 0) is 13.5 Å². The Morgan fingerprint density at radius 2 is 1.28 bits per heavy atom. The van der Waals surface area contributed by atoms with Crippen molar-refractivity contribution in [1.29, 1.82) is 0 Å². The Morgan fingerprint density at radius 3 is 1.80 bits per heavy atom. The van der Waals surface area contributed by atoms with E-state index < -0.39 is 0 Å². The van der Waals surface area contributed by atoms with Crippen LogP contribution in [0.4, 0.5) is 0 Å². The number of allylic oxidation sites excluding steroid dienone is 4. The van der Waals surface area contributed by atoms with Gasteiger partial charge in [0.2, 0.25) is 0 Å². The zero-order valence-electron chi connectivity index (χ0n) is 16.1. The van der Waals surface area contributed by atoms with Crippen molar-refractivity contribution in [1.82, 2.24) is 0 Å². The van der Waals surface area contributed by atoms with Gasteiger partial charge < -0.3 is 24.0 Å². The molecule has 0 N–H and O–H groups in total. The predicted molar refractivity (Wildman–Crippen MR) is 104 cm³/mol. The van der Waals surface area contributed by atoms with E-state index >= 15 is 0 Å². The molecule has 25 heavy (non-hydrogen) atoms. The number of unbranched alkanes of at least 4 members (excludes halogenated alkanes) is 9. The van der Waals surface area contributed by atoms with Gasteiger partial charge in [-0.05, 0) is 37.7 Å². The highest BCUT2D eigenvalue weighted by Crippen LogP contribution is 2.17.